The van der Waals surface area contributed by atoms with Crippen molar-refractivity contribution in [2.24, 2.45) is 5.73 Å². The van der Waals surface area contributed by atoms with Crippen LogP contribution >= 0.6 is 0 Å². The molecule has 1 aliphatic rings. The molecule has 1 saturated heterocycles. The Labute approximate surface area is 108 Å². The summed E-state index contributed by atoms with van der Waals surface area (Å²) in [7, 11) is 0. The van der Waals surface area contributed by atoms with E-state index >= 15 is 0 Å². The molecule has 1 aliphatic heterocycles. The van der Waals surface area contributed by atoms with Crippen LogP contribution in [0.3, 0.4) is 0 Å². The molecule has 0 aromatic heterocycles. The van der Waals surface area contributed by atoms with E-state index in [9.17, 15) is 9.90 Å². The summed E-state index contributed by atoms with van der Waals surface area (Å²) < 4.78 is 0.532. The second-order valence-corrected chi connectivity index (χ2v) is 5.32. The van der Waals surface area contributed by atoms with Crippen molar-refractivity contribution in [3.05, 3.63) is 29.8 Å². The third kappa shape index (κ3) is 2.71. The van der Waals surface area contributed by atoms with Gasteiger partial charge in [-0.05, 0) is 18.6 Å². The van der Waals surface area contributed by atoms with Gasteiger partial charge in [0.15, 0.2) is 6.54 Å². The maximum absolute atomic E-state index is 11.2. The molecule has 0 aliphatic carbocycles. The highest BCUT2D eigenvalue weighted by Gasteiger charge is 2.37. The largest absolute Gasteiger partial charge is 0.477 e. The van der Waals surface area contributed by atoms with Gasteiger partial charge in [-0.2, -0.15) is 0 Å². The van der Waals surface area contributed by atoms with Crippen LogP contribution in [0, 0.1) is 6.92 Å². The number of aryl methyl sites for hydroxylation is 1. The number of quaternary nitrogens is 1. The van der Waals surface area contributed by atoms with Crippen LogP contribution in [0.5, 0.6) is 0 Å². The summed E-state index contributed by atoms with van der Waals surface area (Å²) in [5.41, 5.74) is 8.21. The van der Waals surface area contributed by atoms with Gasteiger partial charge in [-0.1, -0.05) is 12.1 Å². The standard InChI is InChI=1S/C14H20N2O2/c1-11-3-2-4-13(9-11)16(10-14(17)18)7-5-12(15)6-8-16/h2-4,9,12H,5-8,10,15H2,1H3/p+1. The molecule has 0 spiro atoms. The molecule has 1 aromatic rings. The number of nitrogens with two attached hydrogens (primary N) is 1. The number of rotatable bonds is 3. The van der Waals surface area contributed by atoms with Gasteiger partial charge in [-0.3, -0.25) is 4.48 Å². The van der Waals surface area contributed by atoms with Gasteiger partial charge < -0.3 is 10.8 Å². The van der Waals surface area contributed by atoms with E-state index in [4.69, 9.17) is 5.73 Å². The van der Waals surface area contributed by atoms with E-state index in [1.54, 1.807) is 0 Å². The Balaban J connectivity index is 2.33. The second kappa shape index (κ2) is 5.08. The van der Waals surface area contributed by atoms with Crippen LogP contribution in [0.2, 0.25) is 0 Å². The van der Waals surface area contributed by atoms with E-state index < -0.39 is 5.97 Å². The zero-order chi connectivity index (χ0) is 13.2. The van der Waals surface area contributed by atoms with Crippen molar-refractivity contribution in [2.45, 2.75) is 25.8 Å². The number of benzene rings is 1. The van der Waals surface area contributed by atoms with Gasteiger partial charge in [0.1, 0.15) is 5.69 Å². The predicted molar refractivity (Wildman–Crippen MR) is 72.4 cm³/mol. The first-order valence-electron chi connectivity index (χ1n) is 6.42. The van der Waals surface area contributed by atoms with Crippen LogP contribution in [0.4, 0.5) is 5.69 Å². The van der Waals surface area contributed by atoms with Crippen molar-refractivity contribution in [3.63, 3.8) is 0 Å². The van der Waals surface area contributed by atoms with Crippen molar-refractivity contribution in [3.8, 4) is 0 Å². The first kappa shape index (κ1) is 13.1. The minimum atomic E-state index is -0.744. The molecule has 1 heterocycles. The molecule has 98 valence electrons. The molecule has 0 amide bonds. The molecular weight excluding hydrogens is 228 g/mol. The highest BCUT2D eigenvalue weighted by molar-refractivity contribution is 5.72. The number of aliphatic carboxylic acids is 1. The minimum absolute atomic E-state index is 0.149. The average Bonchev–Trinajstić information content (AvgIpc) is 2.32. The van der Waals surface area contributed by atoms with E-state index in [1.807, 2.05) is 25.1 Å². The number of piperidine rings is 1. The number of hydrogen-bond donors (Lipinski definition) is 2. The second-order valence-electron chi connectivity index (χ2n) is 5.32. The monoisotopic (exact) mass is 249 g/mol. The first-order chi connectivity index (χ1) is 8.52. The molecule has 0 unspecified atom stereocenters. The summed E-state index contributed by atoms with van der Waals surface area (Å²) in [5.74, 6) is -0.744. The smallest absolute Gasteiger partial charge is 0.359 e. The predicted octanol–water partition coefficient (Wildman–Crippen LogP) is 1.51. The van der Waals surface area contributed by atoms with E-state index in [0.29, 0.717) is 4.48 Å². The Morgan fingerprint density at radius 1 is 1.44 bits per heavy atom. The molecule has 4 nitrogen and oxygen atoms in total. The zero-order valence-corrected chi connectivity index (χ0v) is 10.8. The fourth-order valence-corrected chi connectivity index (χ4v) is 2.77. The molecule has 4 heteroatoms. The van der Waals surface area contributed by atoms with E-state index in [0.717, 1.165) is 31.6 Å². The Bertz CT molecular complexity index is 437. The lowest BCUT2D eigenvalue weighted by Gasteiger charge is -2.41. The van der Waals surface area contributed by atoms with Gasteiger partial charge >= 0.3 is 5.97 Å². The van der Waals surface area contributed by atoms with Crippen molar-refractivity contribution >= 4 is 11.7 Å². The number of hydrogen-bond acceptors (Lipinski definition) is 2. The number of carboxylic acids is 1. The van der Waals surface area contributed by atoms with Gasteiger partial charge in [0.25, 0.3) is 0 Å². The lowest BCUT2D eigenvalue weighted by Crippen LogP contribution is -2.58. The highest BCUT2D eigenvalue weighted by atomic mass is 16.4. The molecule has 2 rings (SSSR count). The lowest BCUT2D eigenvalue weighted by atomic mass is 10.0. The Morgan fingerprint density at radius 3 is 2.67 bits per heavy atom. The summed E-state index contributed by atoms with van der Waals surface area (Å²) in [6.45, 7) is 3.82. The number of carboxylic acid groups (broad SMARTS) is 1. The van der Waals surface area contributed by atoms with Crippen molar-refractivity contribution in [2.75, 3.05) is 19.6 Å². The van der Waals surface area contributed by atoms with Gasteiger partial charge in [0, 0.05) is 24.9 Å². The van der Waals surface area contributed by atoms with Gasteiger partial charge in [-0.25, -0.2) is 4.79 Å². The fraction of sp³-hybridized carbons (Fsp3) is 0.500. The van der Waals surface area contributed by atoms with Crippen LogP contribution in [0.1, 0.15) is 18.4 Å². The van der Waals surface area contributed by atoms with Crippen molar-refractivity contribution in [1.82, 2.24) is 4.48 Å². The van der Waals surface area contributed by atoms with Crippen LogP contribution in [-0.2, 0) is 4.79 Å². The Kier molecular flexibility index (Phi) is 3.68. The van der Waals surface area contributed by atoms with Crippen LogP contribution < -0.4 is 10.2 Å². The zero-order valence-electron chi connectivity index (χ0n) is 10.8. The van der Waals surface area contributed by atoms with Gasteiger partial charge in [0.05, 0.1) is 13.1 Å². The van der Waals surface area contributed by atoms with Crippen molar-refractivity contribution in [1.29, 1.82) is 0 Å². The Morgan fingerprint density at radius 2 is 2.11 bits per heavy atom. The molecule has 1 aromatic carbocycles. The van der Waals surface area contributed by atoms with Gasteiger partial charge in [-0.15, -0.1) is 0 Å². The van der Waals surface area contributed by atoms with Crippen LogP contribution in [0.15, 0.2) is 24.3 Å². The van der Waals surface area contributed by atoms with E-state index in [-0.39, 0.29) is 12.6 Å². The quantitative estimate of drug-likeness (QED) is 0.798. The summed E-state index contributed by atoms with van der Waals surface area (Å²) in [5, 5.41) is 9.18. The molecular formula is C14H21N2O2+. The summed E-state index contributed by atoms with van der Waals surface area (Å²) in [6.07, 6.45) is 1.78. The van der Waals surface area contributed by atoms with Crippen LogP contribution in [-0.4, -0.2) is 36.8 Å². The molecule has 0 radical (unpaired) electrons. The molecule has 18 heavy (non-hydrogen) atoms. The Hall–Kier alpha value is -1.39. The molecule has 0 bridgehead atoms. The van der Waals surface area contributed by atoms with Crippen LogP contribution in [0.25, 0.3) is 0 Å². The third-order valence-corrected chi connectivity index (χ3v) is 3.84. The molecule has 0 saturated carbocycles. The normalized spacial score (nSPS) is 28.0. The number of nitrogens with zero attached hydrogens (tertiary/aromatic N) is 1. The first-order valence-corrected chi connectivity index (χ1v) is 6.42. The summed E-state index contributed by atoms with van der Waals surface area (Å²) >= 11 is 0. The average molecular weight is 249 g/mol. The highest BCUT2D eigenvalue weighted by Crippen LogP contribution is 2.28. The molecule has 3 N–H and O–H groups in total. The lowest BCUT2D eigenvalue weighted by molar-refractivity contribution is -0.138. The molecule has 1 fully saturated rings. The molecule has 0 atom stereocenters. The van der Waals surface area contributed by atoms with Gasteiger partial charge in [0.2, 0.25) is 0 Å². The van der Waals surface area contributed by atoms with E-state index in [1.165, 1.54) is 5.56 Å². The SMILES string of the molecule is Cc1cccc([N+]2(CC(=O)O)CCC(N)CC2)c1. The summed E-state index contributed by atoms with van der Waals surface area (Å²) in [6, 6.07) is 8.39. The number of carbonyl (C=O) groups is 1. The number of likely N-dealkylation sites (tertiary alicyclic amines) is 1. The third-order valence-electron chi connectivity index (χ3n) is 3.84. The maximum Gasteiger partial charge on any atom is 0.359 e. The minimum Gasteiger partial charge on any atom is -0.477 e. The van der Waals surface area contributed by atoms with Crippen molar-refractivity contribution < 1.29 is 9.90 Å². The summed E-state index contributed by atoms with van der Waals surface area (Å²) in [4.78, 5) is 11.2. The maximum atomic E-state index is 11.2. The topological polar surface area (TPSA) is 63.3 Å². The van der Waals surface area contributed by atoms with E-state index in [2.05, 4.69) is 6.07 Å². The fourth-order valence-electron chi connectivity index (χ4n) is 2.77.